The molecule has 0 aliphatic heterocycles. The maximum Gasteiger partial charge on any atom is 0.431 e. The van der Waals surface area contributed by atoms with Crippen LogP contribution in [0.1, 0.15) is 22.5 Å². The number of hydrogen-bond acceptors (Lipinski definition) is 3. The van der Waals surface area contributed by atoms with Crippen molar-refractivity contribution < 1.29 is 17.9 Å². The van der Waals surface area contributed by atoms with E-state index in [9.17, 15) is 18.0 Å². The van der Waals surface area contributed by atoms with Crippen molar-refractivity contribution in [2.24, 2.45) is 0 Å². The molecule has 4 aromatic rings. The predicted octanol–water partition coefficient (Wildman–Crippen LogP) is 7.00. The number of benzene rings is 3. The summed E-state index contributed by atoms with van der Waals surface area (Å²) in [5, 5.41) is 2.78. The van der Waals surface area contributed by atoms with E-state index in [2.05, 4.69) is 4.98 Å². The van der Waals surface area contributed by atoms with Gasteiger partial charge in [-0.25, -0.2) is 4.79 Å². The summed E-state index contributed by atoms with van der Waals surface area (Å²) >= 11 is 12.2. The van der Waals surface area contributed by atoms with Crippen LogP contribution in [0.25, 0.3) is 22.9 Å². The summed E-state index contributed by atoms with van der Waals surface area (Å²) in [7, 11) is 0. The molecule has 1 heterocycles. The molecule has 0 bridgehead atoms. The molecule has 0 unspecified atom stereocenters. The van der Waals surface area contributed by atoms with Crippen LogP contribution in [0, 0.1) is 0 Å². The second-order valence-corrected chi connectivity index (χ2v) is 7.96. The van der Waals surface area contributed by atoms with Gasteiger partial charge >= 0.3 is 11.9 Å². The van der Waals surface area contributed by atoms with E-state index in [0.29, 0.717) is 21.4 Å². The maximum absolute atomic E-state index is 13.0. The Labute approximate surface area is 196 Å². The monoisotopic (exact) mass is 490 g/mol. The predicted molar refractivity (Wildman–Crippen MR) is 124 cm³/mol. The lowest BCUT2D eigenvalue weighted by Gasteiger charge is -2.12. The van der Waals surface area contributed by atoms with Crippen molar-refractivity contribution in [3.8, 4) is 5.75 Å². The molecule has 1 aromatic heterocycles. The van der Waals surface area contributed by atoms with Gasteiger partial charge in [-0.1, -0.05) is 53.5 Å². The fourth-order valence-corrected chi connectivity index (χ4v) is 3.64. The molecule has 0 amide bonds. The summed E-state index contributed by atoms with van der Waals surface area (Å²) in [5.41, 5.74) is -1.08. The van der Waals surface area contributed by atoms with Crippen molar-refractivity contribution in [1.29, 1.82) is 0 Å². The molecule has 0 aliphatic rings. The van der Waals surface area contributed by atoms with Gasteiger partial charge in [0, 0.05) is 21.2 Å². The Kier molecular flexibility index (Phi) is 6.44. The minimum Gasteiger partial charge on any atom is -0.488 e. The van der Waals surface area contributed by atoms with E-state index in [1.54, 1.807) is 29.3 Å². The van der Waals surface area contributed by atoms with Crippen molar-refractivity contribution in [2.45, 2.75) is 12.8 Å². The zero-order chi connectivity index (χ0) is 23.6. The first-order chi connectivity index (χ1) is 15.7. The summed E-state index contributed by atoms with van der Waals surface area (Å²) < 4.78 is 45.0. The molecular weight excluding hydrogens is 476 g/mol. The Morgan fingerprint density at radius 1 is 0.970 bits per heavy atom. The van der Waals surface area contributed by atoms with Gasteiger partial charge < -0.3 is 9.72 Å². The second kappa shape index (κ2) is 9.29. The normalized spacial score (nSPS) is 11.9. The topological polar surface area (TPSA) is 55.0 Å². The van der Waals surface area contributed by atoms with E-state index in [1.165, 1.54) is 6.08 Å². The maximum atomic E-state index is 13.0. The fourth-order valence-electron chi connectivity index (χ4n) is 3.18. The molecule has 0 saturated heterocycles. The number of nitrogens with one attached hydrogen (secondary N) is 1. The number of H-pyrrole nitrogens is 1. The van der Waals surface area contributed by atoms with E-state index >= 15 is 0 Å². The smallest absolute Gasteiger partial charge is 0.431 e. The minimum absolute atomic E-state index is 0.133. The summed E-state index contributed by atoms with van der Waals surface area (Å²) in [5.74, 6) is 0.483. The lowest BCUT2D eigenvalue weighted by molar-refractivity contribution is -0.141. The van der Waals surface area contributed by atoms with Crippen molar-refractivity contribution in [1.82, 2.24) is 9.97 Å². The van der Waals surface area contributed by atoms with Gasteiger partial charge in [0.05, 0.1) is 5.69 Å². The van der Waals surface area contributed by atoms with E-state index in [-0.39, 0.29) is 12.3 Å². The number of aromatic amines is 1. The largest absolute Gasteiger partial charge is 0.488 e. The number of aromatic nitrogens is 2. The summed E-state index contributed by atoms with van der Waals surface area (Å²) in [6.07, 6.45) is -1.82. The number of nitrogens with zero attached hydrogens (tertiary/aromatic N) is 1. The number of alkyl halides is 3. The van der Waals surface area contributed by atoms with Gasteiger partial charge in [0.25, 0.3) is 0 Å². The average Bonchev–Trinajstić information content (AvgIpc) is 2.76. The first-order valence-electron chi connectivity index (χ1n) is 9.65. The number of fused-ring (bicyclic) bond motifs is 1. The van der Waals surface area contributed by atoms with Gasteiger partial charge in [-0.05, 0) is 53.3 Å². The quantitative estimate of drug-likeness (QED) is 0.327. The van der Waals surface area contributed by atoms with Crippen molar-refractivity contribution in [3.63, 3.8) is 0 Å². The van der Waals surface area contributed by atoms with Crippen LogP contribution in [0.5, 0.6) is 5.75 Å². The van der Waals surface area contributed by atoms with Crippen LogP contribution in [-0.4, -0.2) is 9.97 Å². The molecule has 4 rings (SSSR count). The van der Waals surface area contributed by atoms with Gasteiger partial charge in [-0.15, -0.1) is 0 Å². The van der Waals surface area contributed by atoms with E-state index in [4.69, 9.17) is 27.9 Å². The highest BCUT2D eigenvalue weighted by molar-refractivity contribution is 6.35. The molecule has 3 aromatic carbocycles. The molecule has 4 nitrogen and oxygen atoms in total. The van der Waals surface area contributed by atoms with E-state index in [0.717, 1.165) is 22.4 Å². The van der Waals surface area contributed by atoms with Gasteiger partial charge in [0.15, 0.2) is 0 Å². The van der Waals surface area contributed by atoms with Crippen molar-refractivity contribution in [3.05, 3.63) is 104 Å². The van der Waals surface area contributed by atoms with Crippen LogP contribution in [-0.2, 0) is 12.8 Å². The molecule has 0 saturated carbocycles. The standard InChI is InChI=1S/C24H15Cl2F3N2O2/c25-18-7-5-17(20(26)11-18)13-33-21-10-15-4-2-1-3-14(15)9-16(21)6-8-19-12-22(24(27,28)29)31-23(32)30-19/h1-12H,13H2,(H,30,31,32). The number of halogens is 5. The van der Waals surface area contributed by atoms with Crippen LogP contribution < -0.4 is 10.4 Å². The Morgan fingerprint density at radius 2 is 1.70 bits per heavy atom. The zero-order valence-corrected chi connectivity index (χ0v) is 18.3. The number of ether oxygens (including phenoxy) is 1. The van der Waals surface area contributed by atoms with Crippen LogP contribution >= 0.6 is 23.2 Å². The van der Waals surface area contributed by atoms with Crippen molar-refractivity contribution in [2.75, 3.05) is 0 Å². The number of hydrogen-bond donors (Lipinski definition) is 1. The minimum atomic E-state index is -4.69. The van der Waals surface area contributed by atoms with Gasteiger partial charge in [-0.3, -0.25) is 0 Å². The molecule has 0 radical (unpaired) electrons. The van der Waals surface area contributed by atoms with Gasteiger partial charge in [0.2, 0.25) is 0 Å². The average molecular weight is 491 g/mol. The Bertz CT molecular complexity index is 1420. The highest BCUT2D eigenvalue weighted by Crippen LogP contribution is 2.31. The fraction of sp³-hybridized carbons (Fsp3) is 0.0833. The molecule has 9 heteroatoms. The molecule has 0 spiro atoms. The second-order valence-electron chi connectivity index (χ2n) is 7.12. The SMILES string of the molecule is O=c1nc(C=Cc2cc3ccccc3cc2OCc2ccc(Cl)cc2Cl)cc(C(F)(F)F)[nH]1. The van der Waals surface area contributed by atoms with Crippen molar-refractivity contribution >= 4 is 46.1 Å². The molecule has 168 valence electrons. The summed E-state index contributed by atoms with van der Waals surface area (Å²) in [6.45, 7) is 0.149. The highest BCUT2D eigenvalue weighted by Gasteiger charge is 2.32. The molecule has 0 fully saturated rings. The van der Waals surface area contributed by atoms with E-state index in [1.807, 2.05) is 36.4 Å². The molecule has 0 aliphatic carbocycles. The first kappa shape index (κ1) is 22.9. The Balaban J connectivity index is 1.70. The van der Waals surface area contributed by atoms with E-state index < -0.39 is 17.6 Å². The van der Waals surface area contributed by atoms with Crippen LogP contribution in [0.2, 0.25) is 10.0 Å². The first-order valence-corrected chi connectivity index (χ1v) is 10.4. The highest BCUT2D eigenvalue weighted by atomic mass is 35.5. The van der Waals surface area contributed by atoms with Gasteiger partial charge in [0.1, 0.15) is 18.1 Å². The molecule has 1 N–H and O–H groups in total. The van der Waals surface area contributed by atoms with Gasteiger partial charge in [-0.2, -0.15) is 18.2 Å². The van der Waals surface area contributed by atoms with Crippen LogP contribution in [0.4, 0.5) is 13.2 Å². The van der Waals surface area contributed by atoms with Crippen LogP contribution in [0.3, 0.4) is 0 Å². The van der Waals surface area contributed by atoms with Crippen LogP contribution in [0.15, 0.2) is 65.5 Å². The lowest BCUT2D eigenvalue weighted by Crippen LogP contribution is -2.19. The summed E-state index contributed by atoms with van der Waals surface area (Å²) in [4.78, 5) is 16.9. The third-order valence-electron chi connectivity index (χ3n) is 4.78. The third-order valence-corrected chi connectivity index (χ3v) is 5.37. The number of rotatable bonds is 5. The summed E-state index contributed by atoms with van der Waals surface area (Å²) in [6, 6.07) is 17.1. The molecular formula is C24H15Cl2F3N2O2. The Morgan fingerprint density at radius 3 is 2.39 bits per heavy atom. The Hall–Kier alpha value is -3.29. The zero-order valence-electron chi connectivity index (χ0n) is 16.8. The third kappa shape index (κ3) is 5.56. The molecule has 0 atom stereocenters. The molecule has 33 heavy (non-hydrogen) atoms. The lowest BCUT2D eigenvalue weighted by atomic mass is 10.0.